The van der Waals surface area contributed by atoms with E-state index in [1.807, 2.05) is 0 Å². The Morgan fingerprint density at radius 3 is 2.67 bits per heavy atom. The molecule has 0 saturated carbocycles. The molecule has 0 radical (unpaired) electrons. The molecule has 1 heteroatoms. The van der Waals surface area contributed by atoms with Gasteiger partial charge in [-0.2, -0.15) is 0 Å². The van der Waals surface area contributed by atoms with Crippen molar-refractivity contribution in [2.24, 2.45) is 0 Å². The quantitative estimate of drug-likeness (QED) is 0.772. The smallest absolute Gasteiger partial charge is 0.0491 e. The molecule has 0 bridgehead atoms. The molecule has 1 aromatic carbocycles. The van der Waals surface area contributed by atoms with E-state index in [0.29, 0.717) is 0 Å². The van der Waals surface area contributed by atoms with Crippen LogP contribution in [0.25, 0.3) is 10.9 Å². The van der Waals surface area contributed by atoms with Crippen molar-refractivity contribution in [3.63, 3.8) is 0 Å². The summed E-state index contributed by atoms with van der Waals surface area (Å²) in [6.45, 7) is 6.67. The summed E-state index contributed by atoms with van der Waals surface area (Å²) in [7, 11) is 0. The molecule has 80 valence electrons. The molecule has 2 rings (SSSR count). The largest absolute Gasteiger partial charge is 0.358 e. The van der Waals surface area contributed by atoms with Crippen molar-refractivity contribution in [1.29, 1.82) is 0 Å². The van der Waals surface area contributed by atoms with Crippen LogP contribution in [-0.4, -0.2) is 4.98 Å². The number of para-hydroxylation sites is 1. The molecule has 0 aliphatic heterocycles. The molecule has 0 amide bonds. The van der Waals surface area contributed by atoms with E-state index >= 15 is 0 Å². The third-order valence-corrected chi connectivity index (χ3v) is 3.16. The molecule has 0 unspecified atom stereocenters. The third-order valence-electron chi connectivity index (χ3n) is 3.16. The molecule has 1 N–H and O–H groups in total. The van der Waals surface area contributed by atoms with Gasteiger partial charge in [-0.15, -0.1) is 0 Å². The number of aromatic nitrogens is 1. The fraction of sp³-hybridized carbons (Fsp3) is 0.429. The number of H-pyrrole nitrogens is 1. The number of rotatable bonds is 3. The Morgan fingerprint density at radius 2 is 2.00 bits per heavy atom. The van der Waals surface area contributed by atoms with Crippen molar-refractivity contribution < 1.29 is 0 Å². The van der Waals surface area contributed by atoms with Gasteiger partial charge < -0.3 is 4.98 Å². The maximum Gasteiger partial charge on any atom is 0.0491 e. The highest BCUT2D eigenvalue weighted by Crippen LogP contribution is 2.25. The predicted octanol–water partition coefficient (Wildman–Crippen LogP) is 3.99. The van der Waals surface area contributed by atoms with Crippen LogP contribution < -0.4 is 0 Å². The molecule has 1 aromatic heterocycles. The van der Waals surface area contributed by atoms with Crippen LogP contribution in [0.1, 0.15) is 37.1 Å². The highest BCUT2D eigenvalue weighted by Gasteiger charge is 2.08. The summed E-state index contributed by atoms with van der Waals surface area (Å²) in [4.78, 5) is 3.58. The molecule has 0 aliphatic carbocycles. The predicted molar refractivity (Wildman–Crippen MR) is 66.4 cm³/mol. The maximum absolute atomic E-state index is 3.58. The lowest BCUT2D eigenvalue weighted by Gasteiger charge is -1.98. The van der Waals surface area contributed by atoms with Gasteiger partial charge in [0.2, 0.25) is 0 Å². The van der Waals surface area contributed by atoms with E-state index in [4.69, 9.17) is 0 Å². The Bertz CT molecular complexity index is 465. The van der Waals surface area contributed by atoms with Crippen LogP contribution in [0.4, 0.5) is 0 Å². The lowest BCUT2D eigenvalue weighted by molar-refractivity contribution is 0.887. The number of hydrogen-bond donors (Lipinski definition) is 1. The summed E-state index contributed by atoms with van der Waals surface area (Å²) in [6.07, 6.45) is 3.46. The van der Waals surface area contributed by atoms with Gasteiger partial charge in [0.25, 0.3) is 0 Å². The van der Waals surface area contributed by atoms with E-state index < -0.39 is 0 Å². The number of aromatic amines is 1. The summed E-state index contributed by atoms with van der Waals surface area (Å²) in [5.74, 6) is 0. The average Bonchev–Trinajstić information content (AvgIpc) is 2.57. The van der Waals surface area contributed by atoms with Gasteiger partial charge in [0.15, 0.2) is 0 Å². The number of aryl methyl sites for hydroxylation is 3. The second kappa shape index (κ2) is 4.09. The second-order valence-corrected chi connectivity index (χ2v) is 4.17. The maximum atomic E-state index is 3.58. The van der Waals surface area contributed by atoms with Crippen LogP contribution >= 0.6 is 0 Å². The summed E-state index contributed by atoms with van der Waals surface area (Å²) in [5.41, 5.74) is 5.62. The number of benzene rings is 1. The fourth-order valence-electron chi connectivity index (χ4n) is 2.26. The van der Waals surface area contributed by atoms with Crippen LogP contribution in [0.3, 0.4) is 0 Å². The lowest BCUT2D eigenvalue weighted by atomic mass is 10.1. The van der Waals surface area contributed by atoms with Crippen molar-refractivity contribution in [2.75, 3.05) is 0 Å². The van der Waals surface area contributed by atoms with Crippen LogP contribution in [0.15, 0.2) is 18.2 Å². The minimum atomic E-state index is 1.10. The molecule has 1 heterocycles. The summed E-state index contributed by atoms with van der Waals surface area (Å²) >= 11 is 0. The van der Waals surface area contributed by atoms with E-state index in [0.717, 1.165) is 12.8 Å². The van der Waals surface area contributed by atoms with Crippen LogP contribution in [-0.2, 0) is 12.8 Å². The van der Waals surface area contributed by atoms with E-state index in [1.165, 1.54) is 34.1 Å². The molecule has 0 spiro atoms. The Kier molecular flexibility index (Phi) is 2.81. The molecule has 0 saturated heterocycles. The van der Waals surface area contributed by atoms with Gasteiger partial charge in [-0.05, 0) is 30.9 Å². The molecule has 1 nitrogen and oxygen atoms in total. The zero-order valence-electron chi connectivity index (χ0n) is 9.85. The minimum Gasteiger partial charge on any atom is -0.358 e. The van der Waals surface area contributed by atoms with Crippen molar-refractivity contribution >= 4 is 10.9 Å². The minimum absolute atomic E-state index is 1.10. The lowest BCUT2D eigenvalue weighted by Crippen LogP contribution is -1.85. The Hall–Kier alpha value is -1.24. The van der Waals surface area contributed by atoms with Crippen molar-refractivity contribution in [3.05, 3.63) is 35.0 Å². The SMILES string of the molecule is CCCc1[nH]c2c(CC)cccc2c1C. The summed E-state index contributed by atoms with van der Waals surface area (Å²) in [6, 6.07) is 6.60. The molecule has 0 aliphatic rings. The van der Waals surface area contributed by atoms with Crippen molar-refractivity contribution in [2.45, 2.75) is 40.0 Å². The van der Waals surface area contributed by atoms with E-state index in [-0.39, 0.29) is 0 Å². The van der Waals surface area contributed by atoms with Gasteiger partial charge >= 0.3 is 0 Å². The highest BCUT2D eigenvalue weighted by molar-refractivity contribution is 5.87. The van der Waals surface area contributed by atoms with Gasteiger partial charge in [0.1, 0.15) is 0 Å². The Balaban J connectivity index is 2.64. The van der Waals surface area contributed by atoms with E-state index in [1.54, 1.807) is 0 Å². The first-order valence-corrected chi connectivity index (χ1v) is 5.87. The molecular formula is C14H19N. The summed E-state index contributed by atoms with van der Waals surface area (Å²) < 4.78 is 0. The monoisotopic (exact) mass is 201 g/mol. The van der Waals surface area contributed by atoms with Crippen LogP contribution in [0, 0.1) is 6.92 Å². The Morgan fingerprint density at radius 1 is 1.20 bits per heavy atom. The van der Waals surface area contributed by atoms with Crippen LogP contribution in [0.2, 0.25) is 0 Å². The normalized spacial score (nSPS) is 11.1. The zero-order chi connectivity index (χ0) is 10.8. The molecular weight excluding hydrogens is 182 g/mol. The van der Waals surface area contributed by atoms with Gasteiger partial charge in [0, 0.05) is 16.6 Å². The second-order valence-electron chi connectivity index (χ2n) is 4.17. The standard InChI is InChI=1S/C14H19N/c1-4-7-13-10(3)12-9-6-8-11(5-2)14(12)15-13/h6,8-9,15H,4-5,7H2,1-3H3. The number of fused-ring (bicyclic) bond motifs is 1. The van der Waals surface area contributed by atoms with Gasteiger partial charge in [-0.3, -0.25) is 0 Å². The van der Waals surface area contributed by atoms with Crippen molar-refractivity contribution in [1.82, 2.24) is 4.98 Å². The molecule has 2 aromatic rings. The fourth-order valence-corrected chi connectivity index (χ4v) is 2.26. The zero-order valence-corrected chi connectivity index (χ0v) is 9.85. The van der Waals surface area contributed by atoms with E-state index in [9.17, 15) is 0 Å². The highest BCUT2D eigenvalue weighted by atomic mass is 14.7. The third kappa shape index (κ3) is 1.67. The van der Waals surface area contributed by atoms with Gasteiger partial charge in [0.05, 0.1) is 0 Å². The topological polar surface area (TPSA) is 15.8 Å². The van der Waals surface area contributed by atoms with Crippen LogP contribution in [0.5, 0.6) is 0 Å². The van der Waals surface area contributed by atoms with Gasteiger partial charge in [-0.25, -0.2) is 0 Å². The first-order chi connectivity index (χ1) is 7.27. The first-order valence-electron chi connectivity index (χ1n) is 5.87. The molecule has 0 fully saturated rings. The first kappa shape index (κ1) is 10.3. The number of hydrogen-bond acceptors (Lipinski definition) is 0. The van der Waals surface area contributed by atoms with E-state index in [2.05, 4.69) is 44.0 Å². The van der Waals surface area contributed by atoms with Gasteiger partial charge in [-0.1, -0.05) is 38.5 Å². The number of nitrogens with one attached hydrogen (secondary N) is 1. The molecule has 15 heavy (non-hydrogen) atoms. The average molecular weight is 201 g/mol. The van der Waals surface area contributed by atoms with Crippen molar-refractivity contribution in [3.8, 4) is 0 Å². The molecule has 0 atom stereocenters. The summed E-state index contributed by atoms with van der Waals surface area (Å²) in [5, 5.41) is 1.40. The Labute approximate surface area is 91.5 Å².